The zero-order valence-corrected chi connectivity index (χ0v) is 16.2. The SMILES string of the molecule is COc1ccc(OC)c(-c2nc(CN3CCn4nc(C)cc4C3)c(C)o2)c1. The molecule has 3 heterocycles. The summed E-state index contributed by atoms with van der Waals surface area (Å²) in [6, 6.07) is 7.75. The van der Waals surface area contributed by atoms with Crippen molar-refractivity contribution in [2.45, 2.75) is 33.5 Å². The molecule has 0 fully saturated rings. The molecule has 0 radical (unpaired) electrons. The molecule has 0 saturated heterocycles. The zero-order chi connectivity index (χ0) is 19.0. The minimum absolute atomic E-state index is 0.552. The Labute approximate surface area is 158 Å². The van der Waals surface area contributed by atoms with Gasteiger partial charge in [-0.1, -0.05) is 0 Å². The van der Waals surface area contributed by atoms with Gasteiger partial charge in [-0.2, -0.15) is 5.10 Å². The highest BCUT2D eigenvalue weighted by Gasteiger charge is 2.22. The smallest absolute Gasteiger partial charge is 0.230 e. The number of oxazole rings is 1. The van der Waals surface area contributed by atoms with E-state index in [1.165, 1.54) is 5.69 Å². The van der Waals surface area contributed by atoms with Gasteiger partial charge < -0.3 is 13.9 Å². The summed E-state index contributed by atoms with van der Waals surface area (Å²) < 4.78 is 18.9. The van der Waals surface area contributed by atoms with E-state index in [1.54, 1.807) is 14.2 Å². The standard InChI is InChI=1S/C20H24N4O3/c1-13-9-15-11-23(7-8-24(15)22-13)12-18-14(2)27-20(21-18)17-10-16(25-3)5-6-19(17)26-4/h5-6,9-10H,7-8,11-12H2,1-4H3. The van der Waals surface area contributed by atoms with Crippen LogP contribution >= 0.6 is 0 Å². The van der Waals surface area contributed by atoms with Crippen LogP contribution in [0.2, 0.25) is 0 Å². The number of rotatable bonds is 5. The lowest BCUT2D eigenvalue weighted by Crippen LogP contribution is -2.33. The lowest BCUT2D eigenvalue weighted by atomic mass is 10.2. The van der Waals surface area contributed by atoms with Crippen LogP contribution in [0.4, 0.5) is 0 Å². The molecule has 0 unspecified atom stereocenters. The van der Waals surface area contributed by atoms with Crippen LogP contribution in [-0.4, -0.2) is 40.4 Å². The third kappa shape index (κ3) is 3.42. The second-order valence-corrected chi connectivity index (χ2v) is 6.80. The van der Waals surface area contributed by atoms with Gasteiger partial charge in [0.2, 0.25) is 5.89 Å². The maximum absolute atomic E-state index is 5.97. The van der Waals surface area contributed by atoms with Crippen molar-refractivity contribution in [2.24, 2.45) is 0 Å². The normalized spacial score (nSPS) is 14.2. The number of hydrogen-bond acceptors (Lipinski definition) is 6. The van der Waals surface area contributed by atoms with Crippen LogP contribution in [0.5, 0.6) is 11.5 Å². The van der Waals surface area contributed by atoms with Gasteiger partial charge >= 0.3 is 0 Å². The maximum atomic E-state index is 5.97. The van der Waals surface area contributed by atoms with Crippen LogP contribution in [0.3, 0.4) is 0 Å². The molecule has 0 atom stereocenters. The third-order valence-corrected chi connectivity index (χ3v) is 4.90. The summed E-state index contributed by atoms with van der Waals surface area (Å²) in [5, 5.41) is 4.52. The number of fused-ring (bicyclic) bond motifs is 1. The van der Waals surface area contributed by atoms with Crippen LogP contribution < -0.4 is 9.47 Å². The Hall–Kier alpha value is -2.80. The monoisotopic (exact) mass is 368 g/mol. The molecule has 142 valence electrons. The van der Waals surface area contributed by atoms with Crippen LogP contribution in [0.1, 0.15) is 22.8 Å². The molecule has 1 aromatic carbocycles. The van der Waals surface area contributed by atoms with E-state index in [9.17, 15) is 0 Å². The fraction of sp³-hybridized carbons (Fsp3) is 0.400. The van der Waals surface area contributed by atoms with E-state index < -0.39 is 0 Å². The first-order valence-electron chi connectivity index (χ1n) is 9.01. The summed E-state index contributed by atoms with van der Waals surface area (Å²) in [5.41, 5.74) is 4.05. The Balaban J connectivity index is 1.58. The van der Waals surface area contributed by atoms with Gasteiger partial charge in [-0.05, 0) is 38.1 Å². The van der Waals surface area contributed by atoms with Crippen LogP contribution in [0.25, 0.3) is 11.5 Å². The molecule has 27 heavy (non-hydrogen) atoms. The summed E-state index contributed by atoms with van der Waals surface area (Å²) in [4.78, 5) is 7.12. The van der Waals surface area contributed by atoms with E-state index in [1.807, 2.05) is 32.0 Å². The van der Waals surface area contributed by atoms with E-state index >= 15 is 0 Å². The molecule has 2 aromatic heterocycles. The van der Waals surface area contributed by atoms with Gasteiger partial charge in [-0.25, -0.2) is 4.98 Å². The van der Waals surface area contributed by atoms with Crippen molar-refractivity contribution in [3.8, 4) is 23.0 Å². The Kier molecular flexibility index (Phi) is 4.61. The Morgan fingerprint density at radius 2 is 1.96 bits per heavy atom. The van der Waals surface area contributed by atoms with Crippen molar-refractivity contribution in [1.29, 1.82) is 0 Å². The van der Waals surface area contributed by atoms with Crippen molar-refractivity contribution in [1.82, 2.24) is 19.7 Å². The predicted octanol–water partition coefficient (Wildman–Crippen LogP) is 3.19. The lowest BCUT2D eigenvalue weighted by molar-refractivity contribution is 0.202. The number of ether oxygens (including phenoxy) is 2. The molecular formula is C20H24N4O3. The van der Waals surface area contributed by atoms with Gasteiger partial charge in [-0.15, -0.1) is 0 Å². The van der Waals surface area contributed by atoms with Crippen LogP contribution in [0.15, 0.2) is 28.7 Å². The van der Waals surface area contributed by atoms with Crippen molar-refractivity contribution >= 4 is 0 Å². The zero-order valence-electron chi connectivity index (χ0n) is 16.2. The van der Waals surface area contributed by atoms with Gasteiger partial charge in [0.25, 0.3) is 0 Å². The lowest BCUT2D eigenvalue weighted by Gasteiger charge is -2.26. The first kappa shape index (κ1) is 17.6. The van der Waals surface area contributed by atoms with Gasteiger partial charge in [0, 0.05) is 19.6 Å². The number of nitrogens with zero attached hydrogens (tertiary/aromatic N) is 4. The highest BCUT2D eigenvalue weighted by atomic mass is 16.5. The minimum Gasteiger partial charge on any atom is -0.497 e. The molecule has 1 aliphatic heterocycles. The average molecular weight is 368 g/mol. The molecule has 0 amide bonds. The first-order chi connectivity index (χ1) is 13.1. The second-order valence-electron chi connectivity index (χ2n) is 6.80. The molecule has 0 N–H and O–H groups in total. The summed E-state index contributed by atoms with van der Waals surface area (Å²) in [5.74, 6) is 2.82. The Bertz CT molecular complexity index is 960. The molecule has 0 aliphatic carbocycles. The van der Waals surface area contributed by atoms with Crippen molar-refractivity contribution in [2.75, 3.05) is 20.8 Å². The summed E-state index contributed by atoms with van der Waals surface area (Å²) in [7, 11) is 3.28. The fourth-order valence-corrected chi connectivity index (χ4v) is 3.48. The van der Waals surface area contributed by atoms with Crippen molar-refractivity contribution in [3.63, 3.8) is 0 Å². The molecular weight excluding hydrogens is 344 g/mol. The fourth-order valence-electron chi connectivity index (χ4n) is 3.48. The highest BCUT2D eigenvalue weighted by molar-refractivity contribution is 5.65. The number of aromatic nitrogens is 3. The van der Waals surface area contributed by atoms with Crippen LogP contribution in [-0.2, 0) is 19.6 Å². The van der Waals surface area contributed by atoms with Gasteiger partial charge in [0.1, 0.15) is 17.3 Å². The van der Waals surface area contributed by atoms with Crippen LogP contribution in [0, 0.1) is 13.8 Å². The van der Waals surface area contributed by atoms with E-state index in [-0.39, 0.29) is 0 Å². The van der Waals surface area contributed by atoms with Gasteiger partial charge in [0.15, 0.2) is 0 Å². The summed E-state index contributed by atoms with van der Waals surface area (Å²) in [6.07, 6.45) is 0. The summed E-state index contributed by atoms with van der Waals surface area (Å²) in [6.45, 7) is 7.44. The largest absolute Gasteiger partial charge is 0.497 e. The molecule has 3 aromatic rings. The molecule has 1 aliphatic rings. The van der Waals surface area contributed by atoms with E-state index in [4.69, 9.17) is 18.9 Å². The van der Waals surface area contributed by atoms with E-state index in [0.717, 1.165) is 54.6 Å². The van der Waals surface area contributed by atoms with E-state index in [2.05, 4.69) is 20.7 Å². The first-order valence-corrected chi connectivity index (χ1v) is 9.01. The summed E-state index contributed by atoms with van der Waals surface area (Å²) >= 11 is 0. The third-order valence-electron chi connectivity index (χ3n) is 4.90. The van der Waals surface area contributed by atoms with Gasteiger partial charge in [0.05, 0.1) is 43.4 Å². The quantitative estimate of drug-likeness (QED) is 0.689. The van der Waals surface area contributed by atoms with Crippen molar-refractivity contribution in [3.05, 3.63) is 47.1 Å². The number of aryl methyl sites for hydroxylation is 2. The molecule has 0 saturated carbocycles. The van der Waals surface area contributed by atoms with E-state index in [0.29, 0.717) is 11.6 Å². The number of benzene rings is 1. The predicted molar refractivity (Wildman–Crippen MR) is 101 cm³/mol. The molecule has 4 rings (SSSR count). The Morgan fingerprint density at radius 1 is 1.11 bits per heavy atom. The average Bonchev–Trinajstić information content (AvgIpc) is 3.22. The molecule has 0 bridgehead atoms. The van der Waals surface area contributed by atoms with Crippen molar-refractivity contribution < 1.29 is 13.9 Å². The minimum atomic E-state index is 0.552. The Morgan fingerprint density at radius 3 is 2.74 bits per heavy atom. The second kappa shape index (κ2) is 7.08. The highest BCUT2D eigenvalue weighted by Crippen LogP contribution is 2.34. The topological polar surface area (TPSA) is 65.6 Å². The molecule has 0 spiro atoms. The van der Waals surface area contributed by atoms with Gasteiger partial charge in [-0.3, -0.25) is 9.58 Å². The maximum Gasteiger partial charge on any atom is 0.230 e. The number of methoxy groups -OCH3 is 2. The number of hydrogen-bond donors (Lipinski definition) is 0. The molecule has 7 nitrogen and oxygen atoms in total. The molecule has 7 heteroatoms.